The van der Waals surface area contributed by atoms with Gasteiger partial charge in [-0.15, -0.1) is 0 Å². The summed E-state index contributed by atoms with van der Waals surface area (Å²) in [6, 6.07) is 12.5. The number of carbonyl (C=O) groups is 2. The van der Waals surface area contributed by atoms with E-state index in [1.54, 1.807) is 17.0 Å². The summed E-state index contributed by atoms with van der Waals surface area (Å²) < 4.78 is 31.4. The summed E-state index contributed by atoms with van der Waals surface area (Å²) in [5.41, 5.74) is 1.18. The summed E-state index contributed by atoms with van der Waals surface area (Å²) in [5.74, 6) is -1.13. The Balaban J connectivity index is 1.67. The lowest BCUT2D eigenvalue weighted by Gasteiger charge is -2.27. The lowest BCUT2D eigenvalue weighted by Crippen LogP contribution is -2.37. The third kappa shape index (κ3) is 5.75. The van der Waals surface area contributed by atoms with Crippen molar-refractivity contribution in [2.24, 2.45) is 0 Å². The molecule has 6 nitrogen and oxygen atoms in total. The summed E-state index contributed by atoms with van der Waals surface area (Å²) in [5, 5.41) is 6.48. The summed E-state index contributed by atoms with van der Waals surface area (Å²) >= 11 is 0. The Labute approximate surface area is 178 Å². The fourth-order valence-electron chi connectivity index (χ4n) is 2.94. The molecular formula is C23H23F2N3O3. The van der Waals surface area contributed by atoms with Crippen LogP contribution in [0.15, 0.2) is 59.1 Å². The van der Waals surface area contributed by atoms with Crippen molar-refractivity contribution in [3.05, 3.63) is 88.8 Å². The van der Waals surface area contributed by atoms with E-state index in [2.05, 4.69) is 10.5 Å². The van der Waals surface area contributed by atoms with Gasteiger partial charge in [0.1, 0.15) is 11.6 Å². The Hall–Kier alpha value is -3.55. The molecule has 31 heavy (non-hydrogen) atoms. The van der Waals surface area contributed by atoms with Crippen molar-refractivity contribution >= 4 is 11.8 Å². The van der Waals surface area contributed by atoms with E-state index in [1.807, 2.05) is 13.8 Å². The van der Waals surface area contributed by atoms with Crippen molar-refractivity contribution in [1.29, 1.82) is 0 Å². The van der Waals surface area contributed by atoms with Gasteiger partial charge in [-0.25, -0.2) is 8.78 Å². The van der Waals surface area contributed by atoms with E-state index < -0.39 is 11.7 Å². The number of hydrogen-bond donors (Lipinski definition) is 1. The molecule has 162 valence electrons. The third-order valence-electron chi connectivity index (χ3n) is 4.96. The van der Waals surface area contributed by atoms with Crippen LogP contribution in [0.5, 0.6) is 0 Å². The minimum Gasteiger partial charge on any atom is -0.359 e. The highest BCUT2D eigenvalue weighted by Crippen LogP contribution is 2.17. The average Bonchev–Trinajstić information content (AvgIpc) is 3.25. The molecule has 1 atom stereocenters. The van der Waals surface area contributed by atoms with Crippen molar-refractivity contribution in [3.8, 4) is 0 Å². The minimum absolute atomic E-state index is 0.0791. The quantitative estimate of drug-likeness (QED) is 0.581. The van der Waals surface area contributed by atoms with Gasteiger partial charge in [-0.05, 0) is 55.3 Å². The van der Waals surface area contributed by atoms with E-state index in [1.165, 1.54) is 42.5 Å². The molecule has 2 aromatic carbocycles. The topological polar surface area (TPSA) is 75.4 Å². The molecular weight excluding hydrogens is 404 g/mol. The zero-order valence-corrected chi connectivity index (χ0v) is 17.3. The van der Waals surface area contributed by atoms with Gasteiger partial charge in [-0.3, -0.25) is 9.59 Å². The van der Waals surface area contributed by atoms with Crippen molar-refractivity contribution < 1.29 is 22.9 Å². The Morgan fingerprint density at radius 3 is 2.29 bits per heavy atom. The number of amides is 2. The van der Waals surface area contributed by atoms with E-state index in [4.69, 9.17) is 4.52 Å². The molecule has 1 heterocycles. The number of nitrogens with one attached hydrogen (secondary N) is 1. The molecule has 0 fully saturated rings. The molecule has 0 bridgehead atoms. The van der Waals surface area contributed by atoms with Gasteiger partial charge in [0, 0.05) is 24.2 Å². The zero-order chi connectivity index (χ0) is 22.4. The Kier molecular flexibility index (Phi) is 7.12. The first-order valence-electron chi connectivity index (χ1n) is 9.92. The highest BCUT2D eigenvalue weighted by atomic mass is 19.1. The van der Waals surface area contributed by atoms with E-state index in [9.17, 15) is 18.4 Å². The van der Waals surface area contributed by atoms with Crippen LogP contribution in [0, 0.1) is 11.6 Å². The van der Waals surface area contributed by atoms with Gasteiger partial charge in [0.05, 0.1) is 6.54 Å². The predicted molar refractivity (Wildman–Crippen MR) is 110 cm³/mol. The maximum Gasteiger partial charge on any atom is 0.273 e. The van der Waals surface area contributed by atoms with Crippen molar-refractivity contribution in [2.45, 2.75) is 39.4 Å². The molecule has 0 aliphatic heterocycles. The normalized spacial score (nSPS) is 11.7. The number of halogens is 2. The van der Waals surface area contributed by atoms with Gasteiger partial charge in [0.2, 0.25) is 0 Å². The Morgan fingerprint density at radius 2 is 1.68 bits per heavy atom. The maximum atomic E-state index is 13.2. The predicted octanol–water partition coefficient (Wildman–Crippen LogP) is 4.32. The number of nitrogens with zero attached hydrogens (tertiary/aromatic N) is 2. The second kappa shape index (κ2) is 9.97. The van der Waals surface area contributed by atoms with Gasteiger partial charge in [0.15, 0.2) is 11.5 Å². The van der Waals surface area contributed by atoms with Crippen LogP contribution in [0.3, 0.4) is 0 Å². The molecule has 0 saturated carbocycles. The average molecular weight is 427 g/mol. The van der Waals surface area contributed by atoms with Crippen LogP contribution in [0.1, 0.15) is 52.4 Å². The molecule has 0 radical (unpaired) electrons. The lowest BCUT2D eigenvalue weighted by molar-refractivity contribution is 0.0651. The summed E-state index contributed by atoms with van der Waals surface area (Å²) in [7, 11) is 0. The second-order valence-corrected chi connectivity index (χ2v) is 7.18. The van der Waals surface area contributed by atoms with Gasteiger partial charge in [-0.1, -0.05) is 24.2 Å². The van der Waals surface area contributed by atoms with Gasteiger partial charge < -0.3 is 14.7 Å². The standard InChI is InChI=1S/C23H23F2N3O3/c1-3-15(2)28(23(30)17-6-10-19(25)11-7-17)14-20-12-21(27-31-20)22(29)26-13-16-4-8-18(24)9-5-16/h4-12,15H,3,13-14H2,1-2H3,(H,26,29). The molecule has 0 aliphatic rings. The van der Waals surface area contributed by atoms with Crippen LogP contribution in [0.4, 0.5) is 8.78 Å². The molecule has 1 N–H and O–H groups in total. The fraction of sp³-hybridized carbons (Fsp3) is 0.261. The highest BCUT2D eigenvalue weighted by Gasteiger charge is 2.23. The molecule has 3 aromatic rings. The van der Waals surface area contributed by atoms with Crippen LogP contribution in [-0.4, -0.2) is 27.9 Å². The van der Waals surface area contributed by atoms with Crippen molar-refractivity contribution in [1.82, 2.24) is 15.4 Å². The highest BCUT2D eigenvalue weighted by molar-refractivity contribution is 5.94. The van der Waals surface area contributed by atoms with Gasteiger partial charge in [0.25, 0.3) is 11.8 Å². The largest absolute Gasteiger partial charge is 0.359 e. The van der Waals surface area contributed by atoms with Gasteiger partial charge in [-0.2, -0.15) is 0 Å². The van der Waals surface area contributed by atoms with Crippen LogP contribution >= 0.6 is 0 Å². The number of rotatable bonds is 8. The first-order valence-corrected chi connectivity index (χ1v) is 9.92. The maximum absolute atomic E-state index is 13.2. The molecule has 0 aliphatic carbocycles. The molecule has 1 aromatic heterocycles. The number of carbonyl (C=O) groups excluding carboxylic acids is 2. The van der Waals surface area contributed by atoms with Gasteiger partial charge >= 0.3 is 0 Å². The lowest BCUT2D eigenvalue weighted by atomic mass is 10.1. The molecule has 0 spiro atoms. The molecule has 2 amide bonds. The van der Waals surface area contributed by atoms with Crippen LogP contribution < -0.4 is 5.32 Å². The van der Waals surface area contributed by atoms with Crippen molar-refractivity contribution in [2.75, 3.05) is 0 Å². The zero-order valence-electron chi connectivity index (χ0n) is 17.3. The van der Waals surface area contributed by atoms with Crippen LogP contribution in [-0.2, 0) is 13.1 Å². The van der Waals surface area contributed by atoms with Crippen molar-refractivity contribution in [3.63, 3.8) is 0 Å². The van der Waals surface area contributed by atoms with E-state index in [0.717, 1.165) is 5.56 Å². The first-order chi connectivity index (χ1) is 14.9. The Bertz CT molecular complexity index is 1030. The smallest absolute Gasteiger partial charge is 0.273 e. The number of aromatic nitrogens is 1. The first kappa shape index (κ1) is 22.1. The minimum atomic E-state index is -0.445. The van der Waals surface area contributed by atoms with E-state index in [-0.39, 0.29) is 36.5 Å². The third-order valence-corrected chi connectivity index (χ3v) is 4.96. The summed E-state index contributed by atoms with van der Waals surface area (Å²) in [6.07, 6.45) is 0.700. The second-order valence-electron chi connectivity index (χ2n) is 7.18. The number of benzene rings is 2. The number of hydrogen-bond acceptors (Lipinski definition) is 4. The fourth-order valence-corrected chi connectivity index (χ4v) is 2.94. The van der Waals surface area contributed by atoms with Crippen LogP contribution in [0.25, 0.3) is 0 Å². The van der Waals surface area contributed by atoms with Crippen LogP contribution in [0.2, 0.25) is 0 Å². The SMILES string of the molecule is CCC(C)N(Cc1cc(C(=O)NCc2ccc(F)cc2)no1)C(=O)c1ccc(F)cc1. The molecule has 8 heteroatoms. The Morgan fingerprint density at radius 1 is 1.06 bits per heavy atom. The van der Waals surface area contributed by atoms with E-state index >= 15 is 0 Å². The van der Waals surface area contributed by atoms with E-state index in [0.29, 0.717) is 17.7 Å². The monoisotopic (exact) mass is 427 g/mol. The summed E-state index contributed by atoms with van der Waals surface area (Å²) in [6.45, 7) is 4.17. The summed E-state index contributed by atoms with van der Waals surface area (Å²) in [4.78, 5) is 26.8. The molecule has 3 rings (SSSR count). The molecule has 0 saturated heterocycles. The molecule has 1 unspecified atom stereocenters.